The second kappa shape index (κ2) is 20.6. The van der Waals surface area contributed by atoms with Crippen molar-refractivity contribution in [3.05, 3.63) is 65.7 Å². The average Bonchev–Trinajstić information content (AvgIpc) is 3.79. The van der Waals surface area contributed by atoms with Gasteiger partial charge in [-0.1, -0.05) is 51.0 Å². The van der Waals surface area contributed by atoms with Crippen LogP contribution in [0.2, 0.25) is 0 Å². The van der Waals surface area contributed by atoms with E-state index in [1.165, 1.54) is 17.7 Å². The largest absolute Gasteiger partial charge is 0.507 e. The Morgan fingerprint density at radius 3 is 2.32 bits per heavy atom. The Hall–Kier alpha value is -5.76. The van der Waals surface area contributed by atoms with Gasteiger partial charge in [0.25, 0.3) is 0 Å². The molecule has 5 atom stereocenters. The standard InChI is InChI=1S/C56H74N10O6/c1-5-36-12-14-37(15-13-36)31-58-52(70)47-27-43(67)35-66(47)54(72)49(55(2,3)4)59-51(69)38-16-20-56(21-17-38)29-41(30-56)62-23-18-40(19-24-62)63-22-8-9-39(33-63)53(71)64-25-26-65-42(34-64)32-57-50-46(65)28-45(60-61-50)44-10-6-7-11-48(44)68/h1,6-7,10-15,28,38-43,47,49,67-68H,8-9,16-27,29-35H2,2-4H3,(H,57,61)(H,58,70)(H,59,69)/t38?,39-,41?,42-,43+,47-,49+,56?/m0/s1. The summed E-state index contributed by atoms with van der Waals surface area (Å²) in [5.74, 6) is 2.88. The minimum atomic E-state index is -0.843. The normalized spacial score (nSPS) is 28.5. The maximum absolute atomic E-state index is 14.3. The number of nitrogens with zero attached hydrogens (tertiary/aromatic N) is 7. The van der Waals surface area contributed by atoms with Gasteiger partial charge in [-0.25, -0.2) is 0 Å². The molecule has 0 unspecified atom stereocenters. The maximum atomic E-state index is 14.3. The lowest BCUT2D eigenvalue weighted by molar-refractivity contribution is -0.145. The van der Waals surface area contributed by atoms with E-state index in [-0.39, 0.29) is 66.3 Å². The molecule has 2 saturated carbocycles. The number of fused-ring (bicyclic) bond motifs is 3. The number of rotatable bonds is 10. The molecule has 4 saturated heterocycles. The highest BCUT2D eigenvalue weighted by Gasteiger charge is 2.51. The van der Waals surface area contributed by atoms with Gasteiger partial charge >= 0.3 is 0 Å². The number of β-amino-alcohol motifs (C(OH)–C–C–N with tert-alkyl or cyclic N) is 1. The molecular weight excluding hydrogens is 909 g/mol. The number of para-hydroxylation sites is 1. The van der Waals surface area contributed by atoms with Crippen LogP contribution in [0.25, 0.3) is 11.3 Å². The average molecular weight is 983 g/mol. The molecule has 2 aliphatic carbocycles. The molecule has 1 spiro atoms. The van der Waals surface area contributed by atoms with Gasteiger partial charge in [0.15, 0.2) is 5.82 Å². The lowest BCUT2D eigenvalue weighted by Gasteiger charge is -2.56. The summed E-state index contributed by atoms with van der Waals surface area (Å²) in [5.41, 5.74) is 3.53. The second-order valence-corrected chi connectivity index (χ2v) is 23.2. The van der Waals surface area contributed by atoms with Crippen molar-refractivity contribution in [2.45, 2.75) is 134 Å². The smallest absolute Gasteiger partial charge is 0.246 e. The first-order valence-electron chi connectivity index (χ1n) is 26.7. The minimum Gasteiger partial charge on any atom is -0.507 e. The highest BCUT2D eigenvalue weighted by Crippen LogP contribution is 2.55. The number of piperidine rings is 2. The van der Waals surface area contributed by atoms with E-state index in [0.717, 1.165) is 107 Å². The quantitative estimate of drug-likeness (QED) is 0.178. The van der Waals surface area contributed by atoms with Crippen molar-refractivity contribution in [2.75, 3.05) is 69.1 Å². The number of carbonyl (C=O) groups is 4. The third kappa shape index (κ3) is 10.4. The van der Waals surface area contributed by atoms with Crippen molar-refractivity contribution in [2.24, 2.45) is 22.7 Å². The summed E-state index contributed by atoms with van der Waals surface area (Å²) in [5, 5.41) is 39.5. The zero-order valence-electron chi connectivity index (χ0n) is 42.4. The monoisotopic (exact) mass is 983 g/mol. The van der Waals surface area contributed by atoms with E-state index in [9.17, 15) is 29.4 Å². The molecule has 0 radical (unpaired) electrons. The van der Waals surface area contributed by atoms with Gasteiger partial charge in [-0.3, -0.25) is 24.1 Å². The van der Waals surface area contributed by atoms with Gasteiger partial charge in [0.1, 0.15) is 17.8 Å². The molecule has 5 N–H and O–H groups in total. The summed E-state index contributed by atoms with van der Waals surface area (Å²) in [6.45, 7) is 12.9. The Kier molecular flexibility index (Phi) is 14.3. The van der Waals surface area contributed by atoms with E-state index in [0.29, 0.717) is 48.9 Å². The fourth-order valence-corrected chi connectivity index (χ4v) is 13.2. The Balaban J connectivity index is 0.659. The topological polar surface area (TPSA) is 187 Å². The van der Waals surface area contributed by atoms with E-state index in [1.54, 1.807) is 12.1 Å². The number of hydrogen-bond acceptors (Lipinski definition) is 12. The molecule has 384 valence electrons. The molecule has 3 aromatic rings. The number of aromatic hydroxyl groups is 1. The number of terminal acetylenes is 1. The van der Waals surface area contributed by atoms with Crippen molar-refractivity contribution in [3.63, 3.8) is 0 Å². The lowest BCUT2D eigenvalue weighted by Crippen LogP contribution is -2.61. The van der Waals surface area contributed by atoms with E-state index in [4.69, 9.17) is 6.42 Å². The summed E-state index contributed by atoms with van der Waals surface area (Å²) in [7, 11) is 0. The van der Waals surface area contributed by atoms with Crippen LogP contribution in [0.3, 0.4) is 0 Å². The molecule has 16 heteroatoms. The van der Waals surface area contributed by atoms with E-state index in [2.05, 4.69) is 51.7 Å². The van der Waals surface area contributed by atoms with Gasteiger partial charge in [-0.05, 0) is 131 Å². The third-order valence-electron chi connectivity index (χ3n) is 17.5. The molecular formula is C56H74N10O6. The molecule has 7 aliphatic rings. The number of aliphatic hydroxyl groups excluding tert-OH is 1. The number of benzene rings is 2. The molecule has 1 aromatic heterocycles. The number of aromatic nitrogens is 2. The van der Waals surface area contributed by atoms with Crippen molar-refractivity contribution in [1.29, 1.82) is 0 Å². The summed E-state index contributed by atoms with van der Waals surface area (Å²) in [4.78, 5) is 67.1. The molecule has 0 bridgehead atoms. The molecule has 10 rings (SSSR count). The Labute approximate surface area is 424 Å². The fraction of sp³-hybridized carbons (Fsp3) is 0.607. The number of carbonyl (C=O) groups excluding carboxylic acids is 4. The zero-order chi connectivity index (χ0) is 50.3. The Morgan fingerprint density at radius 1 is 0.847 bits per heavy atom. The summed E-state index contributed by atoms with van der Waals surface area (Å²) in [6, 6.07) is 16.1. The van der Waals surface area contributed by atoms with Gasteiger partial charge in [0.05, 0.1) is 29.4 Å². The zero-order valence-corrected chi connectivity index (χ0v) is 42.4. The third-order valence-corrected chi connectivity index (χ3v) is 17.5. The molecule has 4 amide bonds. The SMILES string of the molecule is C#Cc1ccc(CNC(=O)[C@@H]2C[C@@H](O)CN2C(=O)[C@@H](NC(=O)C2CCC3(CC2)CC(N2CCC(N4CCC[C@H](C(=O)N5CCN6c7cc(-c8ccccc8O)nnc7NC[C@H]6C5)C4)CC2)C3)C(C)(C)C)cc1. The van der Waals surface area contributed by atoms with Gasteiger partial charge in [-0.2, -0.15) is 0 Å². The molecule has 5 aliphatic heterocycles. The number of nitrogens with one attached hydrogen (secondary N) is 3. The van der Waals surface area contributed by atoms with Crippen LogP contribution in [0.1, 0.15) is 103 Å². The number of hydrogen-bond donors (Lipinski definition) is 5. The van der Waals surface area contributed by atoms with E-state index < -0.39 is 23.6 Å². The van der Waals surface area contributed by atoms with Crippen molar-refractivity contribution < 1.29 is 29.4 Å². The highest BCUT2D eigenvalue weighted by atomic mass is 16.3. The number of phenolic OH excluding ortho intramolecular Hbond substituents is 1. The first-order valence-corrected chi connectivity index (χ1v) is 26.7. The van der Waals surface area contributed by atoms with Gasteiger partial charge in [-0.15, -0.1) is 16.6 Å². The van der Waals surface area contributed by atoms with E-state index in [1.807, 2.05) is 63.2 Å². The number of phenols is 1. The minimum absolute atomic E-state index is 0.0226. The van der Waals surface area contributed by atoms with Crippen LogP contribution in [0.5, 0.6) is 5.75 Å². The maximum Gasteiger partial charge on any atom is 0.246 e. The van der Waals surface area contributed by atoms with Crippen LogP contribution in [0.15, 0.2) is 54.6 Å². The van der Waals surface area contributed by atoms with Crippen molar-refractivity contribution in [3.8, 4) is 29.4 Å². The van der Waals surface area contributed by atoms with Crippen LogP contribution in [-0.4, -0.2) is 159 Å². The Bertz CT molecular complexity index is 2520. The second-order valence-electron chi connectivity index (χ2n) is 23.2. The number of amides is 4. The number of aliphatic hydroxyl groups is 1. The van der Waals surface area contributed by atoms with Crippen LogP contribution in [0.4, 0.5) is 11.5 Å². The predicted octanol–water partition coefficient (Wildman–Crippen LogP) is 4.60. The predicted molar refractivity (Wildman–Crippen MR) is 275 cm³/mol. The van der Waals surface area contributed by atoms with Crippen molar-refractivity contribution >= 4 is 35.1 Å². The molecule has 6 heterocycles. The van der Waals surface area contributed by atoms with E-state index >= 15 is 0 Å². The van der Waals surface area contributed by atoms with Crippen LogP contribution < -0.4 is 20.9 Å². The number of piperazine rings is 1. The number of likely N-dealkylation sites (tertiary alicyclic amines) is 3. The van der Waals surface area contributed by atoms with Crippen LogP contribution in [-0.2, 0) is 25.7 Å². The molecule has 2 aromatic carbocycles. The van der Waals surface area contributed by atoms with Gasteiger partial charge < -0.3 is 45.8 Å². The first kappa shape index (κ1) is 49.8. The highest BCUT2D eigenvalue weighted by molar-refractivity contribution is 5.93. The fourth-order valence-electron chi connectivity index (χ4n) is 13.2. The molecule has 16 nitrogen and oxygen atoms in total. The summed E-state index contributed by atoms with van der Waals surface area (Å²) < 4.78 is 0. The number of anilines is 2. The van der Waals surface area contributed by atoms with Gasteiger partial charge in [0.2, 0.25) is 23.6 Å². The molecule has 72 heavy (non-hydrogen) atoms. The summed E-state index contributed by atoms with van der Waals surface area (Å²) >= 11 is 0. The Morgan fingerprint density at radius 2 is 1.60 bits per heavy atom. The lowest BCUT2D eigenvalue weighted by atomic mass is 9.56. The van der Waals surface area contributed by atoms with Crippen LogP contribution >= 0.6 is 0 Å². The van der Waals surface area contributed by atoms with Crippen molar-refractivity contribution in [1.82, 2.24) is 40.4 Å². The first-order chi connectivity index (χ1) is 34.6. The molecule has 6 fully saturated rings. The van der Waals surface area contributed by atoms with Crippen LogP contribution in [0, 0.1) is 35.0 Å². The van der Waals surface area contributed by atoms with Gasteiger partial charge in [0, 0.05) is 81.4 Å². The summed E-state index contributed by atoms with van der Waals surface area (Å²) in [6.07, 6.45) is 15.0.